The number of aromatic hydroxyl groups is 1. The standard InChI is InChI=1S/C31H42N2O10/c1-30(2,3)42-26(36)18-22(29(39)43-31(4,5)6)33-25(35)14-11-19-9-7-10-23(34)27(19)41-16-8-15-40-24-17-20(32)12-13-21(24)28(37)38/h7,9-10,12-13,17,22,34H,8,11,14-16,18,32H2,1-6H3,(H,33,35)(H,37,38). The highest BCUT2D eigenvalue weighted by Crippen LogP contribution is 2.31. The Bertz CT molecular complexity index is 1290. The van der Waals surface area contributed by atoms with Crippen molar-refractivity contribution >= 4 is 29.5 Å². The molecule has 1 atom stereocenters. The number of ether oxygens (including phenoxy) is 4. The van der Waals surface area contributed by atoms with Gasteiger partial charge in [-0.3, -0.25) is 9.59 Å². The predicted molar refractivity (Wildman–Crippen MR) is 158 cm³/mol. The summed E-state index contributed by atoms with van der Waals surface area (Å²) < 4.78 is 22.0. The molecule has 0 saturated heterocycles. The van der Waals surface area contributed by atoms with E-state index in [9.17, 15) is 29.4 Å². The van der Waals surface area contributed by atoms with Crippen LogP contribution in [0, 0.1) is 0 Å². The van der Waals surface area contributed by atoms with E-state index in [-0.39, 0.29) is 48.9 Å². The Morgan fingerprint density at radius 2 is 1.58 bits per heavy atom. The van der Waals surface area contributed by atoms with Gasteiger partial charge in [0.2, 0.25) is 5.91 Å². The second kappa shape index (κ2) is 15.1. The summed E-state index contributed by atoms with van der Waals surface area (Å²) in [6.07, 6.45) is 0.0309. The van der Waals surface area contributed by atoms with Crippen molar-refractivity contribution in [3.8, 4) is 17.2 Å². The molecule has 0 aliphatic rings. The summed E-state index contributed by atoms with van der Waals surface area (Å²) in [5.74, 6) is -2.88. The van der Waals surface area contributed by atoms with Crippen LogP contribution in [0.2, 0.25) is 0 Å². The number of hydrogen-bond donors (Lipinski definition) is 4. The number of aryl methyl sites for hydroxylation is 1. The average molecular weight is 603 g/mol. The molecule has 236 valence electrons. The topological polar surface area (TPSA) is 184 Å². The quantitative estimate of drug-likeness (QED) is 0.139. The first kappa shape index (κ1) is 34.7. The van der Waals surface area contributed by atoms with Gasteiger partial charge in [-0.25, -0.2) is 9.59 Å². The lowest BCUT2D eigenvalue weighted by atomic mass is 10.1. The second-order valence-corrected chi connectivity index (χ2v) is 11.8. The lowest BCUT2D eigenvalue weighted by Crippen LogP contribution is -2.46. The van der Waals surface area contributed by atoms with Crippen molar-refractivity contribution in [2.45, 2.75) is 84.5 Å². The Morgan fingerprint density at radius 3 is 2.21 bits per heavy atom. The molecule has 0 aliphatic carbocycles. The minimum absolute atomic E-state index is 0.0172. The number of hydrogen-bond acceptors (Lipinski definition) is 10. The summed E-state index contributed by atoms with van der Waals surface area (Å²) in [5, 5.41) is 22.3. The normalized spacial score (nSPS) is 12.1. The molecule has 0 fully saturated rings. The number of esters is 2. The number of rotatable bonds is 14. The summed E-state index contributed by atoms with van der Waals surface area (Å²) in [6.45, 7) is 10.4. The maximum Gasteiger partial charge on any atom is 0.339 e. The molecule has 5 N–H and O–H groups in total. The number of nitrogen functional groups attached to an aromatic ring is 1. The monoisotopic (exact) mass is 602 g/mol. The van der Waals surface area contributed by atoms with E-state index in [2.05, 4.69) is 5.32 Å². The third-order valence-corrected chi connectivity index (χ3v) is 5.54. The Balaban J connectivity index is 1.99. The van der Waals surface area contributed by atoms with E-state index < -0.39 is 47.5 Å². The molecule has 2 aromatic carbocycles. The molecule has 0 aromatic heterocycles. The van der Waals surface area contributed by atoms with Gasteiger partial charge in [-0.1, -0.05) is 12.1 Å². The zero-order valence-corrected chi connectivity index (χ0v) is 25.5. The molecule has 0 radical (unpaired) electrons. The number of carbonyl (C=O) groups is 4. The van der Waals surface area contributed by atoms with Crippen LogP contribution < -0.4 is 20.5 Å². The third kappa shape index (κ3) is 12.5. The van der Waals surface area contributed by atoms with Crippen LogP contribution in [-0.2, 0) is 30.3 Å². The van der Waals surface area contributed by atoms with Crippen LogP contribution in [0.15, 0.2) is 36.4 Å². The number of amides is 1. The van der Waals surface area contributed by atoms with Crippen molar-refractivity contribution in [2.24, 2.45) is 0 Å². The van der Waals surface area contributed by atoms with E-state index in [1.54, 1.807) is 53.7 Å². The summed E-state index contributed by atoms with van der Waals surface area (Å²) in [5.41, 5.74) is 5.01. The maximum atomic E-state index is 12.9. The lowest BCUT2D eigenvalue weighted by Gasteiger charge is -2.25. The molecular weight excluding hydrogens is 560 g/mol. The van der Waals surface area contributed by atoms with Gasteiger partial charge < -0.3 is 40.2 Å². The van der Waals surface area contributed by atoms with Crippen molar-refractivity contribution in [1.82, 2.24) is 5.32 Å². The number of anilines is 1. The summed E-state index contributed by atoms with van der Waals surface area (Å²) >= 11 is 0. The molecule has 2 rings (SSSR count). The van der Waals surface area contributed by atoms with Crippen molar-refractivity contribution < 1.29 is 48.3 Å². The molecule has 0 saturated carbocycles. The van der Waals surface area contributed by atoms with Gasteiger partial charge in [-0.15, -0.1) is 0 Å². The summed E-state index contributed by atoms with van der Waals surface area (Å²) in [7, 11) is 0. The Kier molecular flexibility index (Phi) is 12.2. The van der Waals surface area contributed by atoms with Crippen molar-refractivity contribution in [2.75, 3.05) is 18.9 Å². The Hall–Kier alpha value is -4.48. The minimum Gasteiger partial charge on any atom is -0.504 e. The van der Waals surface area contributed by atoms with Gasteiger partial charge in [-0.05, 0) is 71.7 Å². The van der Waals surface area contributed by atoms with Gasteiger partial charge in [0.25, 0.3) is 0 Å². The summed E-state index contributed by atoms with van der Waals surface area (Å²) in [4.78, 5) is 49.4. The number of phenolic OH excluding ortho intramolecular Hbond substituents is 1. The van der Waals surface area contributed by atoms with Crippen LogP contribution in [0.1, 0.15) is 76.7 Å². The fourth-order valence-corrected chi connectivity index (χ4v) is 3.82. The number of carboxylic acids is 1. The van der Waals surface area contributed by atoms with Crippen LogP contribution in [-0.4, -0.2) is 64.5 Å². The van der Waals surface area contributed by atoms with Crippen molar-refractivity contribution in [1.29, 1.82) is 0 Å². The van der Waals surface area contributed by atoms with E-state index in [0.717, 1.165) is 0 Å². The van der Waals surface area contributed by atoms with Crippen LogP contribution >= 0.6 is 0 Å². The molecule has 0 heterocycles. The molecule has 0 bridgehead atoms. The van der Waals surface area contributed by atoms with Gasteiger partial charge in [0.15, 0.2) is 11.5 Å². The van der Waals surface area contributed by atoms with Crippen molar-refractivity contribution in [3.05, 3.63) is 47.5 Å². The highest BCUT2D eigenvalue weighted by atomic mass is 16.6. The lowest BCUT2D eigenvalue weighted by molar-refractivity contribution is -0.165. The van der Waals surface area contributed by atoms with Gasteiger partial charge >= 0.3 is 17.9 Å². The van der Waals surface area contributed by atoms with Crippen LogP contribution in [0.5, 0.6) is 17.2 Å². The molecule has 0 aliphatic heterocycles. The molecule has 43 heavy (non-hydrogen) atoms. The van der Waals surface area contributed by atoms with Gasteiger partial charge in [0, 0.05) is 24.6 Å². The number of phenols is 1. The number of carboxylic acid groups (broad SMARTS) is 1. The van der Waals surface area contributed by atoms with Crippen molar-refractivity contribution in [3.63, 3.8) is 0 Å². The largest absolute Gasteiger partial charge is 0.504 e. The first-order chi connectivity index (χ1) is 19.9. The fraction of sp³-hybridized carbons (Fsp3) is 0.484. The second-order valence-electron chi connectivity index (χ2n) is 11.8. The van der Waals surface area contributed by atoms with Crippen LogP contribution in [0.3, 0.4) is 0 Å². The Labute approximate surface area is 251 Å². The average Bonchev–Trinajstić information content (AvgIpc) is 2.85. The van der Waals surface area contributed by atoms with E-state index >= 15 is 0 Å². The third-order valence-electron chi connectivity index (χ3n) is 5.54. The SMILES string of the molecule is CC(C)(C)OC(=O)CC(NC(=O)CCc1cccc(O)c1OCCCOc1cc(N)ccc1C(=O)O)C(=O)OC(C)(C)C. The number of nitrogens with two attached hydrogens (primary N) is 1. The predicted octanol–water partition coefficient (Wildman–Crippen LogP) is 4.01. The molecule has 12 nitrogen and oxygen atoms in total. The Morgan fingerprint density at radius 1 is 0.930 bits per heavy atom. The van der Waals surface area contributed by atoms with Gasteiger partial charge in [-0.2, -0.15) is 0 Å². The van der Waals surface area contributed by atoms with E-state index in [0.29, 0.717) is 17.7 Å². The first-order valence-corrected chi connectivity index (χ1v) is 13.9. The number of para-hydroxylation sites is 1. The number of carbonyl (C=O) groups excluding carboxylic acids is 3. The van der Waals surface area contributed by atoms with Crippen LogP contribution in [0.25, 0.3) is 0 Å². The first-order valence-electron chi connectivity index (χ1n) is 13.9. The molecule has 1 amide bonds. The maximum absolute atomic E-state index is 12.9. The van der Waals surface area contributed by atoms with E-state index in [1.165, 1.54) is 24.3 Å². The molecular formula is C31H42N2O10. The van der Waals surface area contributed by atoms with Crippen LogP contribution in [0.4, 0.5) is 5.69 Å². The molecule has 2 aromatic rings. The van der Waals surface area contributed by atoms with E-state index in [1.807, 2.05) is 0 Å². The smallest absolute Gasteiger partial charge is 0.339 e. The molecule has 1 unspecified atom stereocenters. The van der Waals surface area contributed by atoms with E-state index in [4.69, 9.17) is 24.7 Å². The number of aromatic carboxylic acids is 1. The van der Waals surface area contributed by atoms with Gasteiger partial charge in [0.1, 0.15) is 28.6 Å². The minimum atomic E-state index is -1.25. The highest BCUT2D eigenvalue weighted by Gasteiger charge is 2.31. The zero-order chi connectivity index (χ0) is 32.4. The zero-order valence-electron chi connectivity index (χ0n) is 25.5. The highest BCUT2D eigenvalue weighted by molar-refractivity contribution is 5.91. The van der Waals surface area contributed by atoms with Gasteiger partial charge in [0.05, 0.1) is 19.6 Å². The molecule has 12 heteroatoms. The number of nitrogens with one attached hydrogen (secondary N) is 1. The number of benzene rings is 2. The summed E-state index contributed by atoms with van der Waals surface area (Å²) in [6, 6.07) is 7.76. The molecule has 0 spiro atoms. The fourth-order valence-electron chi connectivity index (χ4n) is 3.82.